The zero-order chi connectivity index (χ0) is 15.7. The minimum atomic E-state index is -3.45. The molecule has 1 unspecified atom stereocenters. The second-order valence-corrected chi connectivity index (χ2v) is 7.49. The van der Waals surface area contributed by atoms with E-state index >= 15 is 0 Å². The van der Waals surface area contributed by atoms with E-state index in [2.05, 4.69) is 9.29 Å². The van der Waals surface area contributed by atoms with Crippen LogP contribution in [0.3, 0.4) is 0 Å². The van der Waals surface area contributed by atoms with Gasteiger partial charge in [0.1, 0.15) is 4.75 Å². The number of allylic oxidation sites excluding steroid dienone is 3. The van der Waals surface area contributed by atoms with Gasteiger partial charge in [0.2, 0.25) is 10.0 Å². The Kier molecular flexibility index (Phi) is 4.25. The number of fused-ring (bicyclic) bond motifs is 1. The zero-order valence-electron chi connectivity index (χ0n) is 12.9. The molecule has 1 heterocycles. The predicted molar refractivity (Wildman–Crippen MR) is 88.4 cm³/mol. The molecule has 21 heavy (non-hydrogen) atoms. The van der Waals surface area contributed by atoms with Crippen LogP contribution in [-0.2, 0) is 10.0 Å². The molecule has 0 bridgehead atoms. The summed E-state index contributed by atoms with van der Waals surface area (Å²) in [6.07, 6.45) is 11.3. The fraction of sp³-hybridized carbons (Fsp3) is 0.375. The van der Waals surface area contributed by atoms with Crippen molar-refractivity contribution < 1.29 is 8.42 Å². The summed E-state index contributed by atoms with van der Waals surface area (Å²) in [6, 6.07) is 1.95. The Morgan fingerprint density at radius 2 is 2.19 bits per heavy atom. The van der Waals surface area contributed by atoms with Gasteiger partial charge in [-0.1, -0.05) is 25.2 Å². The molecular formula is C16H22N2O2S. The predicted octanol–water partition coefficient (Wildman–Crippen LogP) is 1.20. The van der Waals surface area contributed by atoms with Crippen LogP contribution in [0.15, 0.2) is 30.5 Å². The van der Waals surface area contributed by atoms with Gasteiger partial charge in [0.25, 0.3) is 0 Å². The summed E-state index contributed by atoms with van der Waals surface area (Å²) in [5.74, 6) is 0. The summed E-state index contributed by atoms with van der Waals surface area (Å²) in [7, 11) is -3.45. The van der Waals surface area contributed by atoms with Crippen molar-refractivity contribution >= 4 is 27.9 Å². The van der Waals surface area contributed by atoms with Gasteiger partial charge in [-0.2, -0.15) is 0 Å². The number of hydrogen-bond donors (Lipinski definition) is 1. The molecule has 1 aliphatic rings. The molecule has 4 nitrogen and oxygen atoms in total. The van der Waals surface area contributed by atoms with Crippen LogP contribution in [0.1, 0.15) is 27.7 Å². The number of hydrogen-bond acceptors (Lipinski definition) is 2. The Balaban J connectivity index is 2.68. The van der Waals surface area contributed by atoms with Crippen LogP contribution >= 0.6 is 0 Å². The Morgan fingerprint density at radius 1 is 1.48 bits per heavy atom. The van der Waals surface area contributed by atoms with Crippen molar-refractivity contribution in [3.63, 3.8) is 0 Å². The third kappa shape index (κ3) is 2.76. The van der Waals surface area contributed by atoms with E-state index in [1.165, 1.54) is 0 Å². The van der Waals surface area contributed by atoms with Crippen molar-refractivity contribution in [3.8, 4) is 0 Å². The van der Waals surface area contributed by atoms with Crippen LogP contribution < -0.4 is 15.3 Å². The molecule has 1 aromatic rings. The molecule has 2 rings (SSSR count). The third-order valence-corrected chi connectivity index (χ3v) is 5.87. The van der Waals surface area contributed by atoms with E-state index in [9.17, 15) is 8.42 Å². The number of rotatable bonds is 4. The maximum atomic E-state index is 12.4. The van der Waals surface area contributed by atoms with Crippen molar-refractivity contribution in [2.45, 2.75) is 32.4 Å². The maximum absolute atomic E-state index is 12.4. The minimum Gasteiger partial charge on any atom is -0.321 e. The molecule has 0 aliphatic heterocycles. The quantitative estimate of drug-likeness (QED) is 0.909. The van der Waals surface area contributed by atoms with E-state index in [1.54, 1.807) is 26.0 Å². The van der Waals surface area contributed by atoms with Crippen molar-refractivity contribution in [3.05, 3.63) is 41.1 Å². The smallest absolute Gasteiger partial charge is 0.224 e. The van der Waals surface area contributed by atoms with Crippen molar-refractivity contribution in [2.24, 2.45) is 0 Å². The van der Waals surface area contributed by atoms with Gasteiger partial charge in [-0.25, -0.2) is 13.1 Å². The Hall–Kier alpha value is -1.59. The minimum absolute atomic E-state index is 0.384. The molecule has 0 saturated heterocycles. The van der Waals surface area contributed by atoms with E-state index in [-0.39, 0.29) is 0 Å². The van der Waals surface area contributed by atoms with E-state index in [0.717, 1.165) is 16.3 Å². The topological polar surface area (TPSA) is 51.1 Å². The molecule has 1 aromatic heterocycles. The lowest BCUT2D eigenvalue weighted by Crippen LogP contribution is -2.42. The largest absolute Gasteiger partial charge is 0.321 e. The number of aromatic nitrogens is 1. The molecule has 0 spiro atoms. The van der Waals surface area contributed by atoms with Gasteiger partial charge >= 0.3 is 0 Å². The molecule has 1 atom stereocenters. The van der Waals surface area contributed by atoms with E-state index in [1.807, 2.05) is 44.3 Å². The maximum Gasteiger partial charge on any atom is 0.224 e. The van der Waals surface area contributed by atoms with Gasteiger partial charge in [0, 0.05) is 18.4 Å². The standard InChI is InChI=1S/C16H22N2O2S/c1-5-13(3)18-11-9-14-12-16(4,10-7-8-15(14)18)21(19,20)17-6-2/h5,7-12,17H,6H2,1-4H3. The summed E-state index contributed by atoms with van der Waals surface area (Å²) in [4.78, 5) is 0. The molecule has 0 saturated carbocycles. The first-order valence-corrected chi connectivity index (χ1v) is 8.55. The number of nitrogens with one attached hydrogen (secondary N) is 1. The average molecular weight is 306 g/mol. The highest BCUT2D eigenvalue weighted by molar-refractivity contribution is 7.91. The van der Waals surface area contributed by atoms with Gasteiger partial charge in [-0.05, 0) is 44.2 Å². The van der Waals surface area contributed by atoms with Gasteiger partial charge in [0.15, 0.2) is 0 Å². The summed E-state index contributed by atoms with van der Waals surface area (Å²) in [5, 5.41) is 1.92. The van der Waals surface area contributed by atoms with Crippen molar-refractivity contribution in [1.29, 1.82) is 0 Å². The monoisotopic (exact) mass is 306 g/mol. The molecule has 0 amide bonds. The Bertz CT molecular complexity index is 813. The zero-order valence-corrected chi connectivity index (χ0v) is 13.7. The fourth-order valence-electron chi connectivity index (χ4n) is 2.40. The Labute approximate surface area is 126 Å². The highest BCUT2D eigenvalue weighted by Gasteiger charge is 2.34. The lowest BCUT2D eigenvalue weighted by molar-refractivity contribution is 0.570. The fourth-order valence-corrected chi connectivity index (χ4v) is 3.64. The van der Waals surface area contributed by atoms with Crippen molar-refractivity contribution in [1.82, 2.24) is 9.29 Å². The molecule has 0 radical (unpaired) electrons. The SMILES string of the molecule is CC=C(C)n1ccc2c1=CC=CC(C)(S(=O)(=O)NCC)C=2. The molecule has 0 aromatic carbocycles. The first-order valence-electron chi connectivity index (χ1n) is 7.07. The van der Waals surface area contributed by atoms with Gasteiger partial charge in [-0.3, -0.25) is 0 Å². The van der Waals surface area contributed by atoms with Crippen molar-refractivity contribution in [2.75, 3.05) is 6.54 Å². The van der Waals surface area contributed by atoms with Crippen LogP contribution in [0.25, 0.3) is 17.8 Å². The molecule has 1 N–H and O–H groups in total. The molecule has 1 aliphatic carbocycles. The average Bonchev–Trinajstić information content (AvgIpc) is 2.72. The normalized spacial score (nSPS) is 22.2. The number of sulfonamides is 1. The van der Waals surface area contributed by atoms with Crippen LogP contribution in [0, 0.1) is 0 Å². The summed E-state index contributed by atoms with van der Waals surface area (Å²) >= 11 is 0. The first-order chi connectivity index (χ1) is 9.84. The lowest BCUT2D eigenvalue weighted by atomic mass is 10.1. The number of nitrogens with zero attached hydrogens (tertiary/aromatic N) is 1. The third-order valence-electron chi connectivity index (χ3n) is 3.79. The summed E-state index contributed by atoms with van der Waals surface area (Å²) in [5.41, 5.74) is 1.10. The molecule has 0 fully saturated rings. The molecule has 5 heteroatoms. The first kappa shape index (κ1) is 15.8. The van der Waals surface area contributed by atoms with Gasteiger partial charge in [-0.15, -0.1) is 0 Å². The van der Waals surface area contributed by atoms with E-state index in [0.29, 0.717) is 6.54 Å². The van der Waals surface area contributed by atoms with E-state index in [4.69, 9.17) is 0 Å². The molecular weight excluding hydrogens is 284 g/mol. The second-order valence-electron chi connectivity index (χ2n) is 5.31. The van der Waals surface area contributed by atoms with E-state index < -0.39 is 14.8 Å². The van der Waals surface area contributed by atoms with Crippen LogP contribution in [0.4, 0.5) is 0 Å². The Morgan fingerprint density at radius 3 is 2.81 bits per heavy atom. The summed E-state index contributed by atoms with van der Waals surface area (Å²) < 4.78 is 28.5. The van der Waals surface area contributed by atoms with Gasteiger partial charge in [0.05, 0.1) is 5.35 Å². The van der Waals surface area contributed by atoms with Crippen LogP contribution in [0.5, 0.6) is 0 Å². The highest BCUT2D eigenvalue weighted by atomic mass is 32.2. The second kappa shape index (κ2) is 5.66. The highest BCUT2D eigenvalue weighted by Crippen LogP contribution is 2.20. The molecule has 114 valence electrons. The van der Waals surface area contributed by atoms with Crippen LogP contribution in [0.2, 0.25) is 0 Å². The summed E-state index contributed by atoms with van der Waals surface area (Å²) in [6.45, 7) is 7.89. The lowest BCUT2D eigenvalue weighted by Gasteiger charge is -2.21. The van der Waals surface area contributed by atoms with Crippen LogP contribution in [-0.4, -0.2) is 24.3 Å². The van der Waals surface area contributed by atoms with Gasteiger partial charge < -0.3 is 4.57 Å².